The third-order valence-corrected chi connectivity index (χ3v) is 18.3. The topological polar surface area (TPSA) is 0 Å². The zero-order chi connectivity index (χ0) is 43.2. The monoisotopic (exact) mass is 840 g/mol. The molecule has 12 aromatic rings. The highest BCUT2D eigenvalue weighted by Crippen LogP contribution is 2.45. The first kappa shape index (κ1) is 38.6. The molecule has 0 fully saturated rings. The number of fused-ring (bicyclic) bond motifs is 4. The van der Waals surface area contributed by atoms with Crippen LogP contribution in [0.25, 0.3) is 87.6 Å². The van der Waals surface area contributed by atoms with Crippen molar-refractivity contribution < 1.29 is 0 Å². The van der Waals surface area contributed by atoms with Crippen molar-refractivity contribution in [1.29, 1.82) is 0 Å². The maximum Gasteiger partial charge on any atom is 0.179 e. The largest absolute Gasteiger partial charge is 0.179 e. The summed E-state index contributed by atoms with van der Waals surface area (Å²) in [4.78, 5) is 0. The van der Waals surface area contributed by atoms with Crippen molar-refractivity contribution in [3.05, 3.63) is 267 Å². The van der Waals surface area contributed by atoms with Crippen molar-refractivity contribution in [2.24, 2.45) is 0 Å². The van der Waals surface area contributed by atoms with Gasteiger partial charge in [0.15, 0.2) is 8.07 Å². The van der Waals surface area contributed by atoms with Crippen molar-refractivity contribution >= 4 is 71.9 Å². The van der Waals surface area contributed by atoms with E-state index in [0.29, 0.717) is 0 Å². The van der Waals surface area contributed by atoms with Crippen LogP contribution >= 0.6 is 0 Å². The van der Waals surface area contributed by atoms with Crippen LogP contribution in [-0.2, 0) is 0 Å². The van der Waals surface area contributed by atoms with Crippen LogP contribution in [0.2, 0.25) is 0 Å². The van der Waals surface area contributed by atoms with E-state index < -0.39 is 8.07 Å². The molecule has 0 saturated carbocycles. The highest BCUT2D eigenvalue weighted by molar-refractivity contribution is 7.20. The average Bonchev–Trinajstić information content (AvgIpc) is 3.39. The SMILES string of the molecule is c1ccc(-c2c3ccccc3c(-c3ccccc3)c3cc([Si](c4ccccc4)(c4ccccc4)c4ccc5c(-c6ccccc6)c6ccccc6c(-c6ccccc6)c5c4)ccc23)cc1. The molecular weight excluding hydrogens is 797 g/mol. The van der Waals surface area contributed by atoms with E-state index in [1.165, 1.54) is 108 Å². The molecule has 0 spiro atoms. The highest BCUT2D eigenvalue weighted by atomic mass is 28.3. The van der Waals surface area contributed by atoms with E-state index in [9.17, 15) is 0 Å². The summed E-state index contributed by atoms with van der Waals surface area (Å²) in [5.41, 5.74) is 9.96. The molecule has 65 heavy (non-hydrogen) atoms. The van der Waals surface area contributed by atoms with Gasteiger partial charge in [-0.05, 0) is 108 Å². The van der Waals surface area contributed by atoms with Crippen LogP contribution in [0.4, 0.5) is 0 Å². The summed E-state index contributed by atoms with van der Waals surface area (Å²) in [5, 5.41) is 15.5. The fourth-order valence-corrected chi connectivity index (χ4v) is 15.6. The lowest BCUT2D eigenvalue weighted by molar-refractivity contribution is 1.64. The van der Waals surface area contributed by atoms with Gasteiger partial charge in [-0.1, -0.05) is 267 Å². The Hall–Kier alpha value is -8.10. The fourth-order valence-electron chi connectivity index (χ4n) is 10.9. The lowest BCUT2D eigenvalue weighted by atomic mass is 9.86. The van der Waals surface area contributed by atoms with Crippen molar-refractivity contribution in [3.63, 3.8) is 0 Å². The van der Waals surface area contributed by atoms with E-state index in [2.05, 4.69) is 267 Å². The molecule has 0 atom stereocenters. The zero-order valence-electron chi connectivity index (χ0n) is 35.9. The first-order valence-electron chi connectivity index (χ1n) is 22.6. The Kier molecular flexibility index (Phi) is 9.63. The van der Waals surface area contributed by atoms with Gasteiger partial charge >= 0.3 is 0 Å². The van der Waals surface area contributed by atoms with E-state index in [1.807, 2.05) is 0 Å². The molecule has 12 aromatic carbocycles. The third kappa shape index (κ3) is 6.35. The summed E-state index contributed by atoms with van der Waals surface area (Å²) in [6.07, 6.45) is 0. The van der Waals surface area contributed by atoms with Crippen molar-refractivity contribution in [1.82, 2.24) is 0 Å². The van der Waals surface area contributed by atoms with E-state index in [1.54, 1.807) is 0 Å². The van der Waals surface area contributed by atoms with Crippen LogP contribution in [0.1, 0.15) is 0 Å². The van der Waals surface area contributed by atoms with Gasteiger partial charge in [-0.15, -0.1) is 0 Å². The molecule has 0 amide bonds. The third-order valence-electron chi connectivity index (χ3n) is 13.6. The van der Waals surface area contributed by atoms with Crippen LogP contribution in [0, 0.1) is 0 Å². The van der Waals surface area contributed by atoms with E-state index in [0.717, 1.165) is 0 Å². The Morgan fingerprint density at radius 2 is 0.400 bits per heavy atom. The molecule has 12 rings (SSSR count). The van der Waals surface area contributed by atoms with Crippen LogP contribution in [-0.4, -0.2) is 8.07 Å². The molecule has 0 aliphatic heterocycles. The number of rotatable bonds is 8. The summed E-state index contributed by atoms with van der Waals surface area (Å²) >= 11 is 0. The van der Waals surface area contributed by atoms with Gasteiger partial charge in [-0.3, -0.25) is 0 Å². The second kappa shape index (κ2) is 16.2. The van der Waals surface area contributed by atoms with Gasteiger partial charge < -0.3 is 0 Å². The lowest BCUT2D eigenvalue weighted by Crippen LogP contribution is -2.74. The summed E-state index contributed by atoms with van der Waals surface area (Å²) < 4.78 is 0. The Balaban J connectivity index is 1.26. The quantitative estimate of drug-likeness (QED) is 0.0812. The Morgan fingerprint density at radius 3 is 0.692 bits per heavy atom. The minimum Gasteiger partial charge on any atom is -0.0623 e. The molecule has 0 heterocycles. The zero-order valence-corrected chi connectivity index (χ0v) is 36.9. The predicted molar refractivity (Wildman–Crippen MR) is 282 cm³/mol. The van der Waals surface area contributed by atoms with Crippen LogP contribution in [0.15, 0.2) is 267 Å². The second-order valence-electron chi connectivity index (χ2n) is 17.1. The van der Waals surface area contributed by atoms with Gasteiger partial charge in [0.2, 0.25) is 0 Å². The van der Waals surface area contributed by atoms with E-state index in [4.69, 9.17) is 0 Å². The summed E-state index contributed by atoms with van der Waals surface area (Å²) in [6, 6.07) is 99.7. The molecule has 0 N–H and O–H groups in total. The van der Waals surface area contributed by atoms with Crippen molar-refractivity contribution in [2.75, 3.05) is 0 Å². The number of benzene rings is 12. The Morgan fingerprint density at radius 1 is 0.169 bits per heavy atom. The van der Waals surface area contributed by atoms with Gasteiger partial charge in [0.05, 0.1) is 0 Å². The maximum absolute atomic E-state index is 3.11. The molecular formula is C64H44Si. The molecule has 1 heteroatoms. The minimum absolute atomic E-state index is 1.22. The predicted octanol–water partition coefficient (Wildman–Crippen LogP) is 14.3. The number of hydrogen-bond donors (Lipinski definition) is 0. The molecule has 0 aromatic heterocycles. The maximum atomic E-state index is 2.58. The molecule has 0 radical (unpaired) electrons. The molecule has 0 saturated heterocycles. The van der Waals surface area contributed by atoms with Gasteiger partial charge in [-0.2, -0.15) is 0 Å². The molecule has 304 valence electrons. The molecule has 0 nitrogen and oxygen atoms in total. The second-order valence-corrected chi connectivity index (χ2v) is 20.9. The van der Waals surface area contributed by atoms with Gasteiger partial charge in [0, 0.05) is 0 Å². The Labute approximate surface area is 381 Å². The van der Waals surface area contributed by atoms with Crippen LogP contribution in [0.5, 0.6) is 0 Å². The van der Waals surface area contributed by atoms with Crippen molar-refractivity contribution in [3.8, 4) is 44.5 Å². The minimum atomic E-state index is -3.11. The van der Waals surface area contributed by atoms with Crippen LogP contribution in [0.3, 0.4) is 0 Å². The normalized spacial score (nSPS) is 11.7. The van der Waals surface area contributed by atoms with E-state index >= 15 is 0 Å². The summed E-state index contributed by atoms with van der Waals surface area (Å²) in [5.74, 6) is 0. The first-order chi connectivity index (χ1) is 32.3. The molecule has 0 aliphatic carbocycles. The summed E-state index contributed by atoms with van der Waals surface area (Å²) in [7, 11) is -3.11. The van der Waals surface area contributed by atoms with Gasteiger partial charge in [0.25, 0.3) is 0 Å². The van der Waals surface area contributed by atoms with E-state index in [-0.39, 0.29) is 0 Å². The summed E-state index contributed by atoms with van der Waals surface area (Å²) in [6.45, 7) is 0. The van der Waals surface area contributed by atoms with Gasteiger partial charge in [-0.25, -0.2) is 0 Å². The highest BCUT2D eigenvalue weighted by Gasteiger charge is 2.42. The molecule has 0 aliphatic rings. The number of hydrogen-bond acceptors (Lipinski definition) is 0. The fraction of sp³-hybridized carbons (Fsp3) is 0. The lowest BCUT2D eigenvalue weighted by Gasteiger charge is -2.35. The standard InChI is InChI=1S/C64H44Si/c1-7-23-45(24-8-1)61-53-35-19-21-37-55(53)63(47-27-11-3-12-28-47)59-43-51(39-41-57(59)61)65(49-31-15-5-16-32-49,50-33-17-6-18-34-50)52-40-42-58-60(44-52)64(48-29-13-4-14-30-48)56-38-22-20-36-54(56)62(58)46-25-9-2-10-26-46/h1-44H. The van der Waals surface area contributed by atoms with Gasteiger partial charge in [0.1, 0.15) is 0 Å². The Bertz CT molecular complexity index is 3410. The van der Waals surface area contributed by atoms with Crippen molar-refractivity contribution in [2.45, 2.75) is 0 Å². The average molecular weight is 841 g/mol. The first-order valence-corrected chi connectivity index (χ1v) is 24.6. The smallest absolute Gasteiger partial charge is 0.0623 e. The van der Waals surface area contributed by atoms with Crippen LogP contribution < -0.4 is 20.7 Å². The molecule has 0 bridgehead atoms. The molecule has 0 unspecified atom stereocenters.